The molecule has 0 N–H and O–H groups in total. The second kappa shape index (κ2) is 7.52. The van der Waals surface area contributed by atoms with E-state index in [9.17, 15) is 9.59 Å². The van der Waals surface area contributed by atoms with Crippen LogP contribution in [0, 0.1) is 6.92 Å². The monoisotopic (exact) mass is 368 g/mol. The van der Waals surface area contributed by atoms with Crippen molar-refractivity contribution in [1.82, 2.24) is 19.7 Å². The molecule has 0 bridgehead atoms. The number of carbonyl (C=O) groups is 2. The predicted molar refractivity (Wildman–Crippen MR) is 98.7 cm³/mol. The number of benzene rings is 1. The average Bonchev–Trinajstić information content (AvgIpc) is 3.17. The van der Waals surface area contributed by atoms with Crippen LogP contribution in [0.1, 0.15) is 46.9 Å². The van der Waals surface area contributed by atoms with Gasteiger partial charge >= 0.3 is 0 Å². The van der Waals surface area contributed by atoms with Crippen molar-refractivity contribution in [3.05, 3.63) is 53.3 Å². The van der Waals surface area contributed by atoms with E-state index in [2.05, 4.69) is 5.10 Å². The SMILES string of the molecule is Cc1cccc(C(=O)N2Cc3ccnn3[C@H](CC(=O)N3CCCCO3)C2)c1. The summed E-state index contributed by atoms with van der Waals surface area (Å²) in [5.41, 5.74) is 2.67. The smallest absolute Gasteiger partial charge is 0.254 e. The van der Waals surface area contributed by atoms with Crippen LogP contribution in [0.25, 0.3) is 0 Å². The van der Waals surface area contributed by atoms with E-state index in [0.29, 0.717) is 31.8 Å². The lowest BCUT2D eigenvalue weighted by atomic mass is 10.1. The Bertz CT molecular complexity index is 841. The zero-order chi connectivity index (χ0) is 18.8. The molecular weight excluding hydrogens is 344 g/mol. The van der Waals surface area contributed by atoms with E-state index >= 15 is 0 Å². The molecule has 2 aromatic rings. The molecule has 1 fully saturated rings. The van der Waals surface area contributed by atoms with Crippen molar-refractivity contribution in [2.24, 2.45) is 0 Å². The highest BCUT2D eigenvalue weighted by atomic mass is 16.7. The lowest BCUT2D eigenvalue weighted by molar-refractivity contribution is -0.198. The molecular formula is C20H24N4O3. The molecule has 1 aromatic carbocycles. The number of carbonyl (C=O) groups excluding carboxylic acids is 2. The normalized spacial score (nSPS) is 19.7. The molecule has 0 unspecified atom stereocenters. The van der Waals surface area contributed by atoms with E-state index in [-0.39, 0.29) is 24.3 Å². The Morgan fingerprint density at radius 3 is 2.93 bits per heavy atom. The fraction of sp³-hybridized carbons (Fsp3) is 0.450. The summed E-state index contributed by atoms with van der Waals surface area (Å²) in [6, 6.07) is 9.33. The molecule has 3 heterocycles. The Morgan fingerprint density at radius 1 is 1.26 bits per heavy atom. The number of fused-ring (bicyclic) bond motifs is 1. The molecule has 0 saturated carbocycles. The van der Waals surface area contributed by atoms with E-state index in [4.69, 9.17) is 4.84 Å². The maximum absolute atomic E-state index is 13.0. The third-order valence-corrected chi connectivity index (χ3v) is 5.13. The summed E-state index contributed by atoms with van der Waals surface area (Å²) in [6.07, 6.45) is 3.94. The Balaban J connectivity index is 1.52. The molecule has 1 aromatic heterocycles. The van der Waals surface area contributed by atoms with Crippen molar-refractivity contribution in [2.45, 2.75) is 38.8 Å². The van der Waals surface area contributed by atoms with Gasteiger partial charge in [-0.3, -0.25) is 19.1 Å². The number of aryl methyl sites for hydroxylation is 1. The van der Waals surface area contributed by atoms with Crippen molar-refractivity contribution in [2.75, 3.05) is 19.7 Å². The van der Waals surface area contributed by atoms with Gasteiger partial charge in [0.05, 0.1) is 31.3 Å². The van der Waals surface area contributed by atoms with Gasteiger partial charge in [-0.1, -0.05) is 17.7 Å². The largest absolute Gasteiger partial charge is 0.331 e. The highest BCUT2D eigenvalue weighted by molar-refractivity contribution is 5.94. The molecule has 4 rings (SSSR count). The van der Waals surface area contributed by atoms with Gasteiger partial charge in [0.2, 0.25) is 5.91 Å². The van der Waals surface area contributed by atoms with Crippen LogP contribution in [0.2, 0.25) is 0 Å². The number of rotatable bonds is 3. The quantitative estimate of drug-likeness (QED) is 0.834. The minimum Gasteiger partial charge on any atom is -0.331 e. The van der Waals surface area contributed by atoms with Crippen molar-refractivity contribution >= 4 is 11.8 Å². The van der Waals surface area contributed by atoms with E-state index in [1.165, 1.54) is 5.06 Å². The van der Waals surface area contributed by atoms with Crippen LogP contribution in [0.5, 0.6) is 0 Å². The molecule has 1 atom stereocenters. The Hall–Kier alpha value is -2.67. The number of aromatic nitrogens is 2. The van der Waals surface area contributed by atoms with Gasteiger partial charge in [0.25, 0.3) is 5.91 Å². The maximum Gasteiger partial charge on any atom is 0.254 e. The summed E-state index contributed by atoms with van der Waals surface area (Å²) in [5, 5.41) is 5.85. The van der Waals surface area contributed by atoms with Gasteiger partial charge in [0.15, 0.2) is 0 Å². The number of amides is 2. The molecule has 7 heteroatoms. The minimum atomic E-state index is -0.185. The molecule has 2 aliphatic heterocycles. The molecule has 1 saturated heterocycles. The van der Waals surface area contributed by atoms with E-state index < -0.39 is 0 Å². The fourth-order valence-corrected chi connectivity index (χ4v) is 3.75. The lowest BCUT2D eigenvalue weighted by Gasteiger charge is -2.35. The number of hydroxylamine groups is 2. The van der Waals surface area contributed by atoms with Crippen molar-refractivity contribution in [3.8, 4) is 0 Å². The first-order valence-electron chi connectivity index (χ1n) is 9.43. The second-order valence-corrected chi connectivity index (χ2v) is 7.22. The Morgan fingerprint density at radius 2 is 2.15 bits per heavy atom. The van der Waals surface area contributed by atoms with Gasteiger partial charge in [0.1, 0.15) is 0 Å². The molecule has 142 valence electrons. The maximum atomic E-state index is 13.0. The minimum absolute atomic E-state index is 0.0159. The highest BCUT2D eigenvalue weighted by Gasteiger charge is 2.32. The third kappa shape index (κ3) is 3.73. The van der Waals surface area contributed by atoms with Gasteiger partial charge in [-0.05, 0) is 38.0 Å². The first-order chi connectivity index (χ1) is 13.1. The van der Waals surface area contributed by atoms with Crippen LogP contribution in [0.4, 0.5) is 0 Å². The summed E-state index contributed by atoms with van der Waals surface area (Å²) < 4.78 is 1.88. The number of nitrogens with zero attached hydrogens (tertiary/aromatic N) is 4. The first-order valence-corrected chi connectivity index (χ1v) is 9.43. The Kier molecular flexibility index (Phi) is 4.94. The lowest BCUT2D eigenvalue weighted by Crippen LogP contribution is -2.44. The van der Waals surface area contributed by atoms with Crippen molar-refractivity contribution < 1.29 is 14.4 Å². The van der Waals surface area contributed by atoms with Crippen molar-refractivity contribution in [1.29, 1.82) is 0 Å². The molecule has 2 amide bonds. The molecule has 2 aliphatic rings. The van der Waals surface area contributed by atoms with Gasteiger partial charge < -0.3 is 4.90 Å². The third-order valence-electron chi connectivity index (χ3n) is 5.13. The van der Waals surface area contributed by atoms with Crippen LogP contribution in [-0.2, 0) is 16.2 Å². The van der Waals surface area contributed by atoms with Gasteiger partial charge in [-0.15, -0.1) is 0 Å². The van der Waals surface area contributed by atoms with Crippen LogP contribution in [-0.4, -0.2) is 51.3 Å². The van der Waals surface area contributed by atoms with E-state index in [1.807, 2.05) is 41.9 Å². The van der Waals surface area contributed by atoms with Crippen LogP contribution in [0.3, 0.4) is 0 Å². The van der Waals surface area contributed by atoms with Crippen LogP contribution in [0.15, 0.2) is 36.5 Å². The summed E-state index contributed by atoms with van der Waals surface area (Å²) in [4.78, 5) is 32.9. The predicted octanol–water partition coefficient (Wildman–Crippen LogP) is 2.33. The topological polar surface area (TPSA) is 67.7 Å². The molecule has 0 spiro atoms. The summed E-state index contributed by atoms with van der Waals surface area (Å²) >= 11 is 0. The molecule has 27 heavy (non-hydrogen) atoms. The zero-order valence-corrected chi connectivity index (χ0v) is 15.5. The second-order valence-electron chi connectivity index (χ2n) is 7.22. The van der Waals surface area contributed by atoms with E-state index in [1.54, 1.807) is 11.1 Å². The number of hydrogen-bond acceptors (Lipinski definition) is 4. The molecule has 7 nitrogen and oxygen atoms in total. The molecule has 0 radical (unpaired) electrons. The van der Waals surface area contributed by atoms with Gasteiger partial charge in [-0.2, -0.15) is 5.10 Å². The first kappa shape index (κ1) is 17.7. The van der Waals surface area contributed by atoms with Crippen LogP contribution < -0.4 is 0 Å². The summed E-state index contributed by atoms with van der Waals surface area (Å²) in [5.74, 6) is -0.0659. The zero-order valence-electron chi connectivity index (χ0n) is 15.5. The standard InChI is InChI=1S/C20H24N4O3/c1-15-5-4-6-16(11-15)20(26)22-13-17-7-8-21-24(17)18(14-22)12-19(25)23-9-2-3-10-27-23/h4-8,11,18H,2-3,9-10,12-14H2,1H3/t18-/m1/s1. The Labute approximate surface area is 158 Å². The highest BCUT2D eigenvalue weighted by Crippen LogP contribution is 2.25. The van der Waals surface area contributed by atoms with Gasteiger partial charge in [0, 0.05) is 24.8 Å². The average molecular weight is 368 g/mol. The fourth-order valence-electron chi connectivity index (χ4n) is 3.75. The number of hydrogen-bond donors (Lipinski definition) is 0. The van der Waals surface area contributed by atoms with Crippen molar-refractivity contribution in [3.63, 3.8) is 0 Å². The van der Waals surface area contributed by atoms with Crippen LogP contribution >= 0.6 is 0 Å². The van der Waals surface area contributed by atoms with E-state index in [0.717, 1.165) is 24.1 Å². The van der Waals surface area contributed by atoms with Gasteiger partial charge in [-0.25, -0.2) is 5.06 Å². The molecule has 0 aliphatic carbocycles. The summed E-state index contributed by atoms with van der Waals surface area (Å²) in [6.45, 7) is 4.14. The summed E-state index contributed by atoms with van der Waals surface area (Å²) in [7, 11) is 0.